The number of hydrogen-bond donors (Lipinski definition) is 1. The van der Waals surface area contributed by atoms with Gasteiger partial charge in [0.05, 0.1) is 18.0 Å². The number of nitro benzene ring substituents is 1. The molecule has 0 aromatic heterocycles. The summed E-state index contributed by atoms with van der Waals surface area (Å²) in [5.41, 5.74) is 2.51. The quantitative estimate of drug-likeness (QED) is 0.339. The smallest absolute Gasteiger partial charge is 0.311 e. The number of benzene rings is 2. The van der Waals surface area contributed by atoms with Crippen LogP contribution in [-0.2, 0) is 32.0 Å². The molecular formula is C24H27N3O7. The molecule has 180 valence electrons. The number of nitro groups is 1. The number of carbonyl (C=O) groups is 3. The average Bonchev–Trinajstić information content (AvgIpc) is 3.22. The van der Waals surface area contributed by atoms with Gasteiger partial charge in [0, 0.05) is 30.8 Å². The predicted octanol–water partition coefficient (Wildman–Crippen LogP) is 3.26. The molecule has 1 aliphatic heterocycles. The molecular weight excluding hydrogens is 442 g/mol. The molecule has 1 fully saturated rings. The van der Waals surface area contributed by atoms with Crippen LogP contribution < -0.4 is 15.0 Å². The minimum atomic E-state index is -0.740. The summed E-state index contributed by atoms with van der Waals surface area (Å²) in [6, 6.07) is 9.81. The number of aryl methyl sites for hydroxylation is 2. The maximum absolute atomic E-state index is 12.7. The van der Waals surface area contributed by atoms with Crippen LogP contribution in [-0.4, -0.2) is 43.0 Å². The number of nitrogens with one attached hydrogen (secondary N) is 1. The van der Waals surface area contributed by atoms with E-state index in [1.807, 2.05) is 32.0 Å². The first kappa shape index (κ1) is 24.7. The van der Waals surface area contributed by atoms with Crippen molar-refractivity contribution >= 4 is 34.8 Å². The van der Waals surface area contributed by atoms with E-state index in [1.54, 1.807) is 4.90 Å². The highest BCUT2D eigenvalue weighted by Gasteiger charge is 2.37. The van der Waals surface area contributed by atoms with Gasteiger partial charge in [-0.3, -0.25) is 24.5 Å². The fourth-order valence-electron chi connectivity index (χ4n) is 3.99. The van der Waals surface area contributed by atoms with Crippen LogP contribution in [0, 0.1) is 16.0 Å². The monoisotopic (exact) mass is 469 g/mol. The summed E-state index contributed by atoms with van der Waals surface area (Å²) in [6.45, 7) is 3.56. The second-order valence-corrected chi connectivity index (χ2v) is 7.83. The van der Waals surface area contributed by atoms with Crippen molar-refractivity contribution in [1.82, 2.24) is 0 Å². The summed E-state index contributed by atoms with van der Waals surface area (Å²) in [7, 11) is 1.39. The number of methoxy groups -OCH3 is 1. The Kier molecular flexibility index (Phi) is 7.83. The largest absolute Gasteiger partial charge is 0.497 e. The van der Waals surface area contributed by atoms with E-state index in [4.69, 9.17) is 9.47 Å². The molecule has 0 bridgehead atoms. The van der Waals surface area contributed by atoms with Crippen LogP contribution in [0.25, 0.3) is 0 Å². The Balaban J connectivity index is 1.64. The third kappa shape index (κ3) is 5.33. The number of rotatable bonds is 9. The third-order valence-electron chi connectivity index (χ3n) is 5.71. The van der Waals surface area contributed by atoms with E-state index in [9.17, 15) is 24.5 Å². The van der Waals surface area contributed by atoms with Crippen molar-refractivity contribution in [2.75, 3.05) is 30.5 Å². The SMILES string of the molecule is CCc1cccc(CC)c1N1C[C@@H](C(=O)OCC(=O)Nc2cc(OC)ccc2[N+](=O)[O-])CC1=O. The Bertz CT molecular complexity index is 1090. The Labute approximate surface area is 197 Å². The maximum atomic E-state index is 12.7. The molecule has 2 amide bonds. The third-order valence-corrected chi connectivity index (χ3v) is 5.71. The summed E-state index contributed by atoms with van der Waals surface area (Å²) in [4.78, 5) is 49.8. The van der Waals surface area contributed by atoms with Gasteiger partial charge in [-0.1, -0.05) is 32.0 Å². The first-order valence-corrected chi connectivity index (χ1v) is 11.0. The van der Waals surface area contributed by atoms with Crippen LogP contribution in [0.2, 0.25) is 0 Å². The van der Waals surface area contributed by atoms with E-state index in [-0.39, 0.29) is 30.2 Å². The number of ether oxygens (including phenoxy) is 2. The Morgan fingerprint density at radius 3 is 2.44 bits per heavy atom. The summed E-state index contributed by atoms with van der Waals surface area (Å²) < 4.78 is 10.2. The van der Waals surface area contributed by atoms with E-state index in [0.717, 1.165) is 29.7 Å². The molecule has 10 heteroatoms. The van der Waals surface area contributed by atoms with Crippen LogP contribution in [0.1, 0.15) is 31.4 Å². The van der Waals surface area contributed by atoms with Gasteiger partial charge in [0.25, 0.3) is 11.6 Å². The van der Waals surface area contributed by atoms with Gasteiger partial charge in [-0.25, -0.2) is 0 Å². The van der Waals surface area contributed by atoms with Gasteiger partial charge in [-0.15, -0.1) is 0 Å². The van der Waals surface area contributed by atoms with Crippen molar-refractivity contribution in [2.45, 2.75) is 33.1 Å². The highest BCUT2D eigenvalue weighted by atomic mass is 16.6. The lowest BCUT2D eigenvalue weighted by Gasteiger charge is -2.23. The van der Waals surface area contributed by atoms with Gasteiger partial charge in [-0.05, 0) is 30.0 Å². The van der Waals surface area contributed by atoms with E-state index < -0.39 is 29.3 Å². The first-order valence-electron chi connectivity index (χ1n) is 11.0. The lowest BCUT2D eigenvalue weighted by molar-refractivity contribution is -0.383. The molecule has 34 heavy (non-hydrogen) atoms. The van der Waals surface area contributed by atoms with Crippen LogP contribution in [0.3, 0.4) is 0 Å². The van der Waals surface area contributed by atoms with E-state index in [2.05, 4.69) is 5.32 Å². The molecule has 1 atom stereocenters. The zero-order valence-corrected chi connectivity index (χ0v) is 19.3. The maximum Gasteiger partial charge on any atom is 0.311 e. The zero-order chi connectivity index (χ0) is 24.8. The van der Waals surface area contributed by atoms with Crippen molar-refractivity contribution in [3.63, 3.8) is 0 Å². The number of anilines is 2. The Hall–Kier alpha value is -3.95. The van der Waals surface area contributed by atoms with Gasteiger partial charge in [0.1, 0.15) is 11.4 Å². The number of para-hydroxylation sites is 1. The first-order chi connectivity index (χ1) is 16.3. The van der Waals surface area contributed by atoms with E-state index in [0.29, 0.717) is 5.75 Å². The molecule has 3 rings (SSSR count). The minimum Gasteiger partial charge on any atom is -0.497 e. The molecule has 0 unspecified atom stereocenters. The number of carbonyl (C=O) groups excluding carboxylic acids is 3. The summed E-state index contributed by atoms with van der Waals surface area (Å²) in [5.74, 6) is -1.97. The second kappa shape index (κ2) is 10.8. The normalized spacial score (nSPS) is 15.2. The number of nitrogens with zero attached hydrogens (tertiary/aromatic N) is 2. The fourth-order valence-corrected chi connectivity index (χ4v) is 3.99. The topological polar surface area (TPSA) is 128 Å². The highest BCUT2D eigenvalue weighted by molar-refractivity contribution is 6.01. The second-order valence-electron chi connectivity index (χ2n) is 7.83. The molecule has 0 spiro atoms. The average molecular weight is 469 g/mol. The van der Waals surface area contributed by atoms with Gasteiger partial charge >= 0.3 is 5.97 Å². The van der Waals surface area contributed by atoms with Gasteiger partial charge in [0.15, 0.2) is 6.61 Å². The molecule has 0 aliphatic carbocycles. The van der Waals surface area contributed by atoms with Crippen molar-refractivity contribution < 1.29 is 28.8 Å². The molecule has 1 saturated heterocycles. The van der Waals surface area contributed by atoms with Gasteiger partial charge in [0.2, 0.25) is 5.91 Å². The molecule has 0 radical (unpaired) electrons. The van der Waals surface area contributed by atoms with Crippen molar-refractivity contribution in [1.29, 1.82) is 0 Å². The molecule has 1 heterocycles. The lowest BCUT2D eigenvalue weighted by Crippen LogP contribution is -2.29. The lowest BCUT2D eigenvalue weighted by atomic mass is 10.0. The number of esters is 1. The molecule has 10 nitrogen and oxygen atoms in total. The number of hydrogen-bond acceptors (Lipinski definition) is 7. The van der Waals surface area contributed by atoms with Crippen LogP contribution in [0.4, 0.5) is 17.1 Å². The highest BCUT2D eigenvalue weighted by Crippen LogP contribution is 2.33. The van der Waals surface area contributed by atoms with E-state index in [1.165, 1.54) is 25.3 Å². The van der Waals surface area contributed by atoms with Crippen LogP contribution >= 0.6 is 0 Å². The van der Waals surface area contributed by atoms with Crippen molar-refractivity contribution in [3.05, 3.63) is 57.6 Å². The van der Waals surface area contributed by atoms with Gasteiger partial charge < -0.3 is 19.7 Å². The van der Waals surface area contributed by atoms with Gasteiger partial charge in [-0.2, -0.15) is 0 Å². The molecule has 2 aromatic carbocycles. The zero-order valence-electron chi connectivity index (χ0n) is 19.3. The Morgan fingerprint density at radius 2 is 1.85 bits per heavy atom. The predicted molar refractivity (Wildman–Crippen MR) is 125 cm³/mol. The standard InChI is InChI=1S/C24H27N3O7/c1-4-15-7-6-8-16(5-2)23(15)26-13-17(11-22(26)29)24(30)34-14-21(28)25-19-12-18(33-3)9-10-20(19)27(31)32/h6-10,12,17H,4-5,11,13-14H2,1-3H3,(H,25,28)/t17-/m0/s1. The molecule has 1 N–H and O–H groups in total. The summed E-state index contributed by atoms with van der Waals surface area (Å²) in [5, 5.41) is 13.6. The van der Waals surface area contributed by atoms with E-state index >= 15 is 0 Å². The van der Waals surface area contributed by atoms with Crippen LogP contribution in [0.5, 0.6) is 5.75 Å². The van der Waals surface area contributed by atoms with Crippen molar-refractivity contribution in [2.24, 2.45) is 5.92 Å². The van der Waals surface area contributed by atoms with Crippen LogP contribution in [0.15, 0.2) is 36.4 Å². The molecule has 1 aliphatic rings. The molecule has 0 saturated carbocycles. The molecule has 2 aromatic rings. The van der Waals surface area contributed by atoms with Crippen molar-refractivity contribution in [3.8, 4) is 5.75 Å². The summed E-state index contributed by atoms with van der Waals surface area (Å²) >= 11 is 0. The number of amides is 2. The Morgan fingerprint density at radius 1 is 1.18 bits per heavy atom. The summed E-state index contributed by atoms with van der Waals surface area (Å²) in [6.07, 6.45) is 1.49. The fraction of sp³-hybridized carbons (Fsp3) is 0.375. The minimum absolute atomic E-state index is 0.0109.